The van der Waals surface area contributed by atoms with Crippen molar-refractivity contribution < 1.29 is 9.84 Å². The topological polar surface area (TPSA) is 55.5 Å². The van der Waals surface area contributed by atoms with Gasteiger partial charge >= 0.3 is 0 Å². The van der Waals surface area contributed by atoms with Gasteiger partial charge in [0.2, 0.25) is 0 Å². The van der Waals surface area contributed by atoms with Gasteiger partial charge in [-0.2, -0.15) is 0 Å². The van der Waals surface area contributed by atoms with Gasteiger partial charge in [-0.25, -0.2) is 0 Å². The Balaban J connectivity index is 2.40. The molecular formula is C11H14BrNO2. The van der Waals surface area contributed by atoms with Crippen molar-refractivity contribution in [1.29, 1.82) is 0 Å². The maximum atomic E-state index is 9.93. The molecule has 4 heteroatoms. The average molecular weight is 272 g/mol. The van der Waals surface area contributed by atoms with E-state index in [9.17, 15) is 5.11 Å². The normalized spacial score (nSPS) is 17.5. The van der Waals surface area contributed by atoms with Crippen molar-refractivity contribution in [2.24, 2.45) is 11.7 Å². The summed E-state index contributed by atoms with van der Waals surface area (Å²) < 4.78 is 5.96. The molecule has 1 aliphatic rings. The monoisotopic (exact) mass is 271 g/mol. The van der Waals surface area contributed by atoms with Crippen LogP contribution in [0.3, 0.4) is 0 Å². The maximum absolute atomic E-state index is 9.93. The number of phenolic OH excluding ortho intramolecular Hbond substituents is 1. The fourth-order valence-corrected chi connectivity index (χ4v) is 2.17. The Morgan fingerprint density at radius 1 is 1.53 bits per heavy atom. The third-order valence-corrected chi connectivity index (χ3v) is 3.24. The Kier molecular flexibility index (Phi) is 2.89. The van der Waals surface area contributed by atoms with Gasteiger partial charge in [-0.15, -0.1) is 0 Å². The highest BCUT2D eigenvalue weighted by atomic mass is 79.9. The van der Waals surface area contributed by atoms with Gasteiger partial charge in [0.25, 0.3) is 0 Å². The van der Waals surface area contributed by atoms with Gasteiger partial charge in [0.05, 0.1) is 7.11 Å². The van der Waals surface area contributed by atoms with Crippen molar-refractivity contribution in [1.82, 2.24) is 0 Å². The summed E-state index contributed by atoms with van der Waals surface area (Å²) in [6.45, 7) is 0. The van der Waals surface area contributed by atoms with Crippen LogP contribution >= 0.6 is 15.9 Å². The predicted molar refractivity (Wildman–Crippen MR) is 62.0 cm³/mol. The molecular weight excluding hydrogens is 258 g/mol. The van der Waals surface area contributed by atoms with E-state index in [-0.39, 0.29) is 11.8 Å². The van der Waals surface area contributed by atoms with Crippen molar-refractivity contribution in [2.75, 3.05) is 7.11 Å². The minimum atomic E-state index is -0.0867. The van der Waals surface area contributed by atoms with E-state index in [1.54, 1.807) is 6.07 Å². The second-order valence-electron chi connectivity index (χ2n) is 3.91. The molecule has 1 aliphatic carbocycles. The fraction of sp³-hybridized carbons (Fsp3) is 0.455. The van der Waals surface area contributed by atoms with Crippen molar-refractivity contribution in [3.63, 3.8) is 0 Å². The number of ether oxygens (including phenoxy) is 1. The van der Waals surface area contributed by atoms with Crippen molar-refractivity contribution in [3.05, 3.63) is 22.2 Å². The molecule has 15 heavy (non-hydrogen) atoms. The first-order valence-corrected chi connectivity index (χ1v) is 5.74. The summed E-state index contributed by atoms with van der Waals surface area (Å²) in [6, 6.07) is 3.51. The first-order valence-electron chi connectivity index (χ1n) is 4.95. The zero-order chi connectivity index (χ0) is 11.0. The summed E-state index contributed by atoms with van der Waals surface area (Å²) in [5.74, 6) is 1.14. The molecule has 3 nitrogen and oxygen atoms in total. The van der Waals surface area contributed by atoms with E-state index >= 15 is 0 Å². The number of rotatable bonds is 3. The van der Waals surface area contributed by atoms with Gasteiger partial charge in [-0.05, 0) is 30.9 Å². The lowest BCUT2D eigenvalue weighted by Gasteiger charge is -2.15. The molecule has 2 rings (SSSR count). The van der Waals surface area contributed by atoms with E-state index in [1.807, 2.05) is 6.07 Å². The lowest BCUT2D eigenvalue weighted by atomic mass is 10.0. The zero-order valence-electron chi connectivity index (χ0n) is 8.53. The van der Waals surface area contributed by atoms with Crippen LogP contribution in [0.1, 0.15) is 24.4 Å². The molecule has 1 atom stereocenters. The Hall–Kier alpha value is -0.740. The molecule has 0 aliphatic heterocycles. The van der Waals surface area contributed by atoms with Crippen LogP contribution in [0.25, 0.3) is 0 Å². The van der Waals surface area contributed by atoms with Crippen LogP contribution in [0.15, 0.2) is 16.6 Å². The molecule has 3 N–H and O–H groups in total. The van der Waals surface area contributed by atoms with E-state index in [0.717, 1.165) is 22.9 Å². The van der Waals surface area contributed by atoms with Crippen LogP contribution in [0, 0.1) is 5.92 Å². The molecule has 1 unspecified atom stereocenters. The number of aromatic hydroxyl groups is 1. The number of benzene rings is 1. The third kappa shape index (κ3) is 2.11. The molecule has 0 heterocycles. The van der Waals surface area contributed by atoms with Gasteiger partial charge in [0, 0.05) is 16.1 Å². The van der Waals surface area contributed by atoms with Crippen molar-refractivity contribution in [3.8, 4) is 11.5 Å². The summed E-state index contributed by atoms with van der Waals surface area (Å²) in [5, 5.41) is 9.93. The summed E-state index contributed by atoms with van der Waals surface area (Å²) in [7, 11) is 1.54. The Morgan fingerprint density at radius 3 is 2.73 bits per heavy atom. The molecule has 1 aromatic rings. The molecule has 0 amide bonds. The SMILES string of the molecule is COc1cc(Br)cc(C(N)C2CC2)c1O. The van der Waals surface area contributed by atoms with Crippen LogP contribution < -0.4 is 10.5 Å². The zero-order valence-corrected chi connectivity index (χ0v) is 10.1. The van der Waals surface area contributed by atoms with E-state index < -0.39 is 0 Å². The van der Waals surface area contributed by atoms with Gasteiger partial charge in [0.1, 0.15) is 0 Å². The minimum absolute atomic E-state index is 0.0867. The van der Waals surface area contributed by atoms with E-state index in [2.05, 4.69) is 15.9 Å². The van der Waals surface area contributed by atoms with Gasteiger partial charge in [-0.1, -0.05) is 15.9 Å². The third-order valence-electron chi connectivity index (χ3n) is 2.78. The number of phenols is 1. The molecule has 0 bridgehead atoms. The molecule has 1 aromatic carbocycles. The van der Waals surface area contributed by atoms with Gasteiger partial charge < -0.3 is 15.6 Å². The Labute approximate surface area is 97.4 Å². The van der Waals surface area contributed by atoms with Crippen molar-refractivity contribution in [2.45, 2.75) is 18.9 Å². The second kappa shape index (κ2) is 4.02. The highest BCUT2D eigenvalue weighted by molar-refractivity contribution is 9.10. The maximum Gasteiger partial charge on any atom is 0.162 e. The summed E-state index contributed by atoms with van der Waals surface area (Å²) >= 11 is 3.38. The molecule has 0 aromatic heterocycles. The van der Waals surface area contributed by atoms with E-state index in [0.29, 0.717) is 11.7 Å². The lowest BCUT2D eigenvalue weighted by Crippen LogP contribution is -2.12. The fourth-order valence-electron chi connectivity index (χ4n) is 1.71. The van der Waals surface area contributed by atoms with E-state index in [4.69, 9.17) is 10.5 Å². The van der Waals surface area contributed by atoms with Crippen LogP contribution in [0.2, 0.25) is 0 Å². The predicted octanol–water partition coefficient (Wildman–Crippen LogP) is 2.57. The van der Waals surface area contributed by atoms with Gasteiger partial charge in [0.15, 0.2) is 11.5 Å². The van der Waals surface area contributed by atoms with Gasteiger partial charge in [-0.3, -0.25) is 0 Å². The second-order valence-corrected chi connectivity index (χ2v) is 4.82. The molecule has 0 radical (unpaired) electrons. The molecule has 0 saturated heterocycles. The lowest BCUT2D eigenvalue weighted by molar-refractivity contribution is 0.367. The largest absolute Gasteiger partial charge is 0.504 e. The summed E-state index contributed by atoms with van der Waals surface area (Å²) in [4.78, 5) is 0. The standard InChI is InChI=1S/C11H14BrNO2/c1-15-9-5-7(12)4-8(11(9)14)10(13)6-2-3-6/h4-6,10,14H,2-3,13H2,1H3. The first-order chi connectivity index (χ1) is 7.13. The number of methoxy groups -OCH3 is 1. The van der Waals surface area contributed by atoms with Crippen LogP contribution in [-0.2, 0) is 0 Å². The minimum Gasteiger partial charge on any atom is -0.504 e. The number of hydrogen-bond acceptors (Lipinski definition) is 3. The highest BCUT2D eigenvalue weighted by Gasteiger charge is 2.31. The Bertz CT molecular complexity index is 377. The smallest absolute Gasteiger partial charge is 0.162 e. The van der Waals surface area contributed by atoms with Crippen molar-refractivity contribution >= 4 is 15.9 Å². The summed E-state index contributed by atoms with van der Waals surface area (Å²) in [6.07, 6.45) is 2.30. The number of halogens is 1. The molecule has 1 saturated carbocycles. The highest BCUT2D eigenvalue weighted by Crippen LogP contribution is 2.45. The molecule has 0 spiro atoms. The van der Waals surface area contributed by atoms with Crippen LogP contribution in [0.4, 0.5) is 0 Å². The number of nitrogens with two attached hydrogens (primary N) is 1. The first kappa shape index (κ1) is 10.8. The Morgan fingerprint density at radius 2 is 2.20 bits per heavy atom. The van der Waals surface area contributed by atoms with Crippen LogP contribution in [0.5, 0.6) is 11.5 Å². The van der Waals surface area contributed by atoms with E-state index in [1.165, 1.54) is 7.11 Å². The average Bonchev–Trinajstić information content (AvgIpc) is 3.03. The number of hydrogen-bond donors (Lipinski definition) is 2. The quantitative estimate of drug-likeness (QED) is 0.889. The van der Waals surface area contributed by atoms with Crippen LogP contribution in [-0.4, -0.2) is 12.2 Å². The molecule has 82 valence electrons. The molecule has 1 fully saturated rings. The summed E-state index contributed by atoms with van der Waals surface area (Å²) in [5.41, 5.74) is 6.82.